The number of nitrogens with one attached hydrogen (secondary N) is 1. The molecule has 0 amide bonds. The molecule has 114 valence electrons. The molecule has 4 heteroatoms. The molecule has 0 bridgehead atoms. The van der Waals surface area contributed by atoms with E-state index >= 15 is 0 Å². The summed E-state index contributed by atoms with van der Waals surface area (Å²) in [6, 6.07) is 5.76. The van der Waals surface area contributed by atoms with Crippen molar-refractivity contribution in [2.75, 3.05) is 24.2 Å². The first-order valence-electron chi connectivity index (χ1n) is 7.40. The van der Waals surface area contributed by atoms with Crippen molar-refractivity contribution in [3.05, 3.63) is 18.2 Å². The zero-order valence-electron chi connectivity index (χ0n) is 13.1. The SMILES string of the molecule is CC(C)OCCCCNc1cc(N)cc(OC(C)C)c1. The first-order valence-corrected chi connectivity index (χ1v) is 7.40. The summed E-state index contributed by atoms with van der Waals surface area (Å²) in [5, 5.41) is 3.37. The van der Waals surface area contributed by atoms with Gasteiger partial charge < -0.3 is 20.5 Å². The van der Waals surface area contributed by atoms with Gasteiger partial charge in [0.2, 0.25) is 0 Å². The van der Waals surface area contributed by atoms with Crippen molar-refractivity contribution >= 4 is 11.4 Å². The summed E-state index contributed by atoms with van der Waals surface area (Å²) in [4.78, 5) is 0. The molecule has 0 aliphatic carbocycles. The average Bonchev–Trinajstić information content (AvgIpc) is 2.31. The standard InChI is InChI=1S/C16H28N2O2/c1-12(2)19-8-6-5-7-18-15-9-14(17)10-16(11-15)20-13(3)4/h9-13,18H,5-8,17H2,1-4H3. The summed E-state index contributed by atoms with van der Waals surface area (Å²) < 4.78 is 11.2. The third-order valence-electron chi connectivity index (χ3n) is 2.65. The van der Waals surface area contributed by atoms with Gasteiger partial charge in [0.25, 0.3) is 0 Å². The number of ether oxygens (including phenoxy) is 2. The van der Waals surface area contributed by atoms with Crippen molar-refractivity contribution in [3.8, 4) is 5.75 Å². The lowest BCUT2D eigenvalue weighted by molar-refractivity contribution is 0.0765. The molecule has 0 aliphatic rings. The van der Waals surface area contributed by atoms with Crippen LogP contribution in [-0.4, -0.2) is 25.4 Å². The van der Waals surface area contributed by atoms with Crippen LogP contribution in [0.2, 0.25) is 0 Å². The van der Waals surface area contributed by atoms with E-state index in [-0.39, 0.29) is 6.10 Å². The number of nitrogens with two attached hydrogens (primary N) is 1. The van der Waals surface area contributed by atoms with Gasteiger partial charge in [0.1, 0.15) is 5.75 Å². The van der Waals surface area contributed by atoms with Crippen LogP contribution in [0.1, 0.15) is 40.5 Å². The van der Waals surface area contributed by atoms with Gasteiger partial charge in [-0.2, -0.15) is 0 Å². The van der Waals surface area contributed by atoms with E-state index < -0.39 is 0 Å². The Balaban J connectivity index is 2.34. The van der Waals surface area contributed by atoms with Crippen molar-refractivity contribution in [1.82, 2.24) is 0 Å². The molecule has 0 heterocycles. The maximum Gasteiger partial charge on any atom is 0.123 e. The lowest BCUT2D eigenvalue weighted by Crippen LogP contribution is -2.08. The normalized spacial score (nSPS) is 11.1. The van der Waals surface area contributed by atoms with Crippen molar-refractivity contribution in [2.24, 2.45) is 0 Å². The Kier molecular flexibility index (Phi) is 7.23. The molecule has 0 aromatic heterocycles. The number of anilines is 2. The highest BCUT2D eigenvalue weighted by Crippen LogP contribution is 2.23. The van der Waals surface area contributed by atoms with Gasteiger partial charge >= 0.3 is 0 Å². The van der Waals surface area contributed by atoms with E-state index in [0.717, 1.165) is 37.4 Å². The first kappa shape index (κ1) is 16.6. The monoisotopic (exact) mass is 280 g/mol. The zero-order chi connectivity index (χ0) is 15.0. The summed E-state index contributed by atoms with van der Waals surface area (Å²) in [5.41, 5.74) is 7.60. The van der Waals surface area contributed by atoms with Gasteiger partial charge in [-0.3, -0.25) is 0 Å². The topological polar surface area (TPSA) is 56.5 Å². The molecule has 0 saturated heterocycles. The van der Waals surface area contributed by atoms with Crippen LogP contribution in [-0.2, 0) is 4.74 Å². The number of rotatable bonds is 9. The Morgan fingerprint density at radius 1 is 1.05 bits per heavy atom. The third-order valence-corrected chi connectivity index (χ3v) is 2.65. The van der Waals surface area contributed by atoms with Gasteiger partial charge in [0.15, 0.2) is 0 Å². The van der Waals surface area contributed by atoms with E-state index in [1.165, 1.54) is 0 Å². The minimum Gasteiger partial charge on any atom is -0.491 e. The maximum absolute atomic E-state index is 5.88. The molecular weight excluding hydrogens is 252 g/mol. The Labute approximate surface area is 122 Å². The largest absolute Gasteiger partial charge is 0.491 e. The van der Waals surface area contributed by atoms with Crippen LogP contribution >= 0.6 is 0 Å². The lowest BCUT2D eigenvalue weighted by Gasteiger charge is -2.13. The van der Waals surface area contributed by atoms with Crippen molar-refractivity contribution in [3.63, 3.8) is 0 Å². The van der Waals surface area contributed by atoms with Gasteiger partial charge in [0, 0.05) is 36.7 Å². The van der Waals surface area contributed by atoms with Crippen LogP contribution in [0.25, 0.3) is 0 Å². The fraction of sp³-hybridized carbons (Fsp3) is 0.625. The quantitative estimate of drug-likeness (QED) is 0.535. The summed E-state index contributed by atoms with van der Waals surface area (Å²) in [6.07, 6.45) is 2.59. The Hall–Kier alpha value is -1.42. The first-order chi connectivity index (χ1) is 9.47. The number of unbranched alkanes of at least 4 members (excludes halogenated alkanes) is 1. The minimum atomic E-state index is 0.151. The molecule has 1 aromatic carbocycles. The van der Waals surface area contributed by atoms with Crippen molar-refractivity contribution in [2.45, 2.75) is 52.7 Å². The number of nitrogen functional groups attached to an aromatic ring is 1. The van der Waals surface area contributed by atoms with Crippen LogP contribution in [0.4, 0.5) is 11.4 Å². The van der Waals surface area contributed by atoms with Gasteiger partial charge in [-0.1, -0.05) is 0 Å². The molecule has 4 nitrogen and oxygen atoms in total. The Morgan fingerprint density at radius 3 is 2.45 bits per heavy atom. The molecule has 0 aliphatic heterocycles. The number of hydrogen-bond donors (Lipinski definition) is 2. The van der Waals surface area contributed by atoms with E-state index in [1.807, 2.05) is 32.0 Å². The highest BCUT2D eigenvalue weighted by molar-refractivity contribution is 5.59. The lowest BCUT2D eigenvalue weighted by atomic mass is 10.2. The second-order valence-electron chi connectivity index (χ2n) is 5.51. The second kappa shape index (κ2) is 8.69. The fourth-order valence-electron chi connectivity index (χ4n) is 1.84. The molecule has 1 aromatic rings. The fourth-order valence-corrected chi connectivity index (χ4v) is 1.84. The predicted octanol–water partition coefficient (Wildman–Crippen LogP) is 3.67. The van der Waals surface area contributed by atoms with Crippen LogP contribution in [0.5, 0.6) is 5.75 Å². The van der Waals surface area contributed by atoms with Crippen molar-refractivity contribution < 1.29 is 9.47 Å². The molecule has 0 radical (unpaired) electrons. The van der Waals surface area contributed by atoms with Crippen molar-refractivity contribution in [1.29, 1.82) is 0 Å². The highest BCUT2D eigenvalue weighted by Gasteiger charge is 2.02. The predicted molar refractivity (Wildman–Crippen MR) is 85.4 cm³/mol. The molecule has 1 rings (SSSR count). The number of benzene rings is 1. The van der Waals surface area contributed by atoms with Gasteiger partial charge in [-0.15, -0.1) is 0 Å². The molecule has 0 atom stereocenters. The van der Waals surface area contributed by atoms with E-state index in [9.17, 15) is 0 Å². The maximum atomic E-state index is 5.88. The Morgan fingerprint density at radius 2 is 1.80 bits per heavy atom. The molecule has 0 spiro atoms. The van der Waals surface area contributed by atoms with Crippen LogP contribution < -0.4 is 15.8 Å². The van der Waals surface area contributed by atoms with Crippen LogP contribution in [0, 0.1) is 0 Å². The van der Waals surface area contributed by atoms with Gasteiger partial charge in [-0.25, -0.2) is 0 Å². The van der Waals surface area contributed by atoms with E-state index in [2.05, 4.69) is 19.2 Å². The van der Waals surface area contributed by atoms with Gasteiger partial charge in [0.05, 0.1) is 12.2 Å². The summed E-state index contributed by atoms with van der Waals surface area (Å²) in [7, 11) is 0. The van der Waals surface area contributed by atoms with Crippen LogP contribution in [0.15, 0.2) is 18.2 Å². The van der Waals surface area contributed by atoms with Crippen LogP contribution in [0.3, 0.4) is 0 Å². The second-order valence-corrected chi connectivity index (χ2v) is 5.51. The number of hydrogen-bond acceptors (Lipinski definition) is 4. The highest BCUT2D eigenvalue weighted by atomic mass is 16.5. The smallest absolute Gasteiger partial charge is 0.123 e. The zero-order valence-corrected chi connectivity index (χ0v) is 13.1. The molecule has 20 heavy (non-hydrogen) atoms. The molecule has 3 N–H and O–H groups in total. The molecule has 0 unspecified atom stereocenters. The van der Waals surface area contributed by atoms with E-state index in [1.54, 1.807) is 0 Å². The van der Waals surface area contributed by atoms with E-state index in [4.69, 9.17) is 15.2 Å². The average molecular weight is 280 g/mol. The Bertz CT molecular complexity index is 392. The molecule has 0 fully saturated rings. The summed E-state index contributed by atoms with van der Waals surface area (Å²) >= 11 is 0. The minimum absolute atomic E-state index is 0.151. The molecule has 0 saturated carbocycles. The van der Waals surface area contributed by atoms with E-state index in [0.29, 0.717) is 11.8 Å². The summed E-state index contributed by atoms with van der Waals surface area (Å²) in [6.45, 7) is 9.85. The summed E-state index contributed by atoms with van der Waals surface area (Å²) in [5.74, 6) is 0.811. The third kappa shape index (κ3) is 7.24. The molecular formula is C16H28N2O2. The van der Waals surface area contributed by atoms with Gasteiger partial charge in [-0.05, 0) is 46.6 Å².